The third-order valence-electron chi connectivity index (χ3n) is 3.61. The van der Waals surface area contributed by atoms with E-state index in [1.165, 1.54) is 12.8 Å². The molecular formula is C12H24N2O3S. The normalized spacial score (nSPS) is 20.6. The number of carbonyl (C=O) groups excluding carboxylic acids is 1. The van der Waals surface area contributed by atoms with Crippen molar-refractivity contribution in [2.24, 2.45) is 11.7 Å². The fourth-order valence-electron chi connectivity index (χ4n) is 2.38. The average Bonchev–Trinajstić information content (AvgIpc) is 2.77. The maximum atomic E-state index is 11.8. The van der Waals surface area contributed by atoms with Crippen LogP contribution in [0, 0.1) is 5.92 Å². The first-order chi connectivity index (χ1) is 8.29. The summed E-state index contributed by atoms with van der Waals surface area (Å²) in [5.41, 5.74) is 5.69. The first-order valence-corrected chi connectivity index (χ1v) is 8.59. The lowest BCUT2D eigenvalue weighted by Gasteiger charge is -2.22. The molecule has 1 amide bonds. The number of amides is 1. The number of nitrogens with one attached hydrogen (secondary N) is 1. The average molecular weight is 276 g/mol. The topological polar surface area (TPSA) is 89.3 Å². The Balaban J connectivity index is 2.34. The van der Waals surface area contributed by atoms with Gasteiger partial charge in [0.25, 0.3) is 0 Å². The van der Waals surface area contributed by atoms with Gasteiger partial charge in [0.15, 0.2) is 0 Å². The van der Waals surface area contributed by atoms with Crippen LogP contribution in [0.5, 0.6) is 0 Å². The van der Waals surface area contributed by atoms with Crippen molar-refractivity contribution in [3.8, 4) is 0 Å². The second-order valence-corrected chi connectivity index (χ2v) is 7.63. The molecule has 2 atom stereocenters. The molecule has 1 rings (SSSR count). The summed E-state index contributed by atoms with van der Waals surface area (Å²) in [5, 5.41) is 2.90. The zero-order valence-electron chi connectivity index (χ0n) is 11.2. The number of hydrogen-bond donors (Lipinski definition) is 2. The number of nitrogens with two attached hydrogens (primary N) is 1. The molecular weight excluding hydrogens is 252 g/mol. The molecule has 1 unspecified atom stereocenters. The molecule has 18 heavy (non-hydrogen) atoms. The highest BCUT2D eigenvalue weighted by atomic mass is 32.2. The Kier molecular flexibility index (Phi) is 5.59. The van der Waals surface area contributed by atoms with Gasteiger partial charge < -0.3 is 11.1 Å². The quantitative estimate of drug-likeness (QED) is 0.737. The standard InChI is InChI=1S/C12H24N2O3S/c1-9(10-5-3-4-6-10)14-12(15)11(13)7-8-18(2,16)17/h9-11H,3-8,13H2,1-2H3,(H,14,15)/t9-,11?/m1/s1. The Morgan fingerprint density at radius 2 is 1.94 bits per heavy atom. The van der Waals surface area contributed by atoms with Gasteiger partial charge in [-0.05, 0) is 32.1 Å². The Morgan fingerprint density at radius 3 is 2.44 bits per heavy atom. The number of carbonyl (C=O) groups is 1. The van der Waals surface area contributed by atoms with Gasteiger partial charge in [-0.25, -0.2) is 8.42 Å². The smallest absolute Gasteiger partial charge is 0.237 e. The minimum absolute atomic E-state index is 0.0423. The summed E-state index contributed by atoms with van der Waals surface area (Å²) in [6, 6.07) is -0.604. The van der Waals surface area contributed by atoms with E-state index in [0.29, 0.717) is 5.92 Å². The molecule has 1 aliphatic rings. The van der Waals surface area contributed by atoms with Gasteiger partial charge in [0.05, 0.1) is 11.8 Å². The first kappa shape index (κ1) is 15.4. The number of rotatable bonds is 6. The Bertz CT molecular complexity index is 375. The SMILES string of the molecule is C[C@@H](NC(=O)C(N)CCS(C)(=O)=O)C1CCCC1. The van der Waals surface area contributed by atoms with E-state index in [1.807, 2.05) is 6.92 Å². The van der Waals surface area contributed by atoms with Gasteiger partial charge >= 0.3 is 0 Å². The van der Waals surface area contributed by atoms with Gasteiger partial charge in [-0.3, -0.25) is 4.79 Å². The summed E-state index contributed by atoms with van der Waals surface area (Å²) in [7, 11) is -3.06. The van der Waals surface area contributed by atoms with Gasteiger partial charge in [-0.2, -0.15) is 0 Å². The van der Waals surface area contributed by atoms with Gasteiger partial charge in [0, 0.05) is 12.3 Å². The van der Waals surface area contributed by atoms with Crippen LogP contribution in [0.3, 0.4) is 0 Å². The molecule has 6 heteroatoms. The lowest BCUT2D eigenvalue weighted by Crippen LogP contribution is -2.47. The molecule has 0 aromatic carbocycles. The Labute approximate surface area is 109 Å². The monoisotopic (exact) mass is 276 g/mol. The Hall–Kier alpha value is -0.620. The van der Waals surface area contributed by atoms with Crippen LogP contribution in [-0.4, -0.2) is 38.4 Å². The summed E-state index contributed by atoms with van der Waals surface area (Å²) in [6.07, 6.45) is 6.09. The van der Waals surface area contributed by atoms with Crippen LogP contribution < -0.4 is 11.1 Å². The second kappa shape index (κ2) is 6.52. The molecule has 0 aromatic heterocycles. The van der Waals surface area contributed by atoms with Crippen molar-refractivity contribution < 1.29 is 13.2 Å². The highest BCUT2D eigenvalue weighted by Crippen LogP contribution is 2.27. The van der Waals surface area contributed by atoms with Crippen LogP contribution in [0.4, 0.5) is 0 Å². The van der Waals surface area contributed by atoms with Crippen LogP contribution in [0.25, 0.3) is 0 Å². The van der Waals surface area contributed by atoms with Crippen LogP contribution in [0.2, 0.25) is 0 Å². The highest BCUT2D eigenvalue weighted by molar-refractivity contribution is 7.90. The van der Waals surface area contributed by atoms with Crippen molar-refractivity contribution in [2.45, 2.75) is 51.1 Å². The van der Waals surface area contributed by atoms with E-state index >= 15 is 0 Å². The van der Waals surface area contributed by atoms with E-state index in [1.54, 1.807) is 0 Å². The molecule has 0 aliphatic heterocycles. The molecule has 3 N–H and O–H groups in total. The zero-order chi connectivity index (χ0) is 13.8. The summed E-state index contributed by atoms with van der Waals surface area (Å²) in [5.74, 6) is 0.258. The lowest BCUT2D eigenvalue weighted by atomic mass is 9.99. The van der Waals surface area contributed by atoms with E-state index in [0.717, 1.165) is 19.1 Å². The van der Waals surface area contributed by atoms with Gasteiger partial charge in [0.1, 0.15) is 9.84 Å². The van der Waals surface area contributed by atoms with E-state index in [-0.39, 0.29) is 24.1 Å². The molecule has 5 nitrogen and oxygen atoms in total. The maximum Gasteiger partial charge on any atom is 0.237 e. The molecule has 0 heterocycles. The van der Waals surface area contributed by atoms with Gasteiger partial charge in [-0.1, -0.05) is 12.8 Å². The summed E-state index contributed by atoms with van der Waals surface area (Å²) >= 11 is 0. The second-order valence-electron chi connectivity index (χ2n) is 5.37. The van der Waals surface area contributed by atoms with Crippen molar-refractivity contribution >= 4 is 15.7 Å². The van der Waals surface area contributed by atoms with E-state index in [4.69, 9.17) is 5.73 Å². The van der Waals surface area contributed by atoms with Gasteiger partial charge in [0.2, 0.25) is 5.91 Å². The fraction of sp³-hybridized carbons (Fsp3) is 0.917. The van der Waals surface area contributed by atoms with Crippen molar-refractivity contribution in [3.63, 3.8) is 0 Å². The van der Waals surface area contributed by atoms with Crippen LogP contribution in [0.15, 0.2) is 0 Å². The predicted molar refractivity (Wildman–Crippen MR) is 71.9 cm³/mol. The van der Waals surface area contributed by atoms with Crippen LogP contribution in [-0.2, 0) is 14.6 Å². The number of hydrogen-bond acceptors (Lipinski definition) is 4. The van der Waals surface area contributed by atoms with E-state index in [2.05, 4.69) is 5.32 Å². The molecule has 0 aromatic rings. The summed E-state index contributed by atoms with van der Waals surface area (Å²) in [6.45, 7) is 2.00. The fourth-order valence-corrected chi connectivity index (χ4v) is 3.06. The Morgan fingerprint density at radius 1 is 1.39 bits per heavy atom. The lowest BCUT2D eigenvalue weighted by molar-refractivity contribution is -0.123. The molecule has 1 aliphatic carbocycles. The maximum absolute atomic E-state index is 11.8. The van der Waals surface area contributed by atoms with Crippen molar-refractivity contribution in [1.82, 2.24) is 5.32 Å². The minimum atomic E-state index is -3.06. The van der Waals surface area contributed by atoms with Crippen LogP contribution in [0.1, 0.15) is 39.0 Å². The van der Waals surface area contributed by atoms with Gasteiger partial charge in [-0.15, -0.1) is 0 Å². The third kappa shape index (κ3) is 5.35. The molecule has 106 valence electrons. The first-order valence-electron chi connectivity index (χ1n) is 6.53. The zero-order valence-corrected chi connectivity index (χ0v) is 12.0. The summed E-state index contributed by atoms with van der Waals surface area (Å²) in [4.78, 5) is 11.8. The van der Waals surface area contributed by atoms with E-state index < -0.39 is 15.9 Å². The molecule has 1 fully saturated rings. The predicted octanol–water partition coefficient (Wildman–Crippen LogP) is 0.443. The molecule has 0 saturated heterocycles. The van der Waals surface area contributed by atoms with E-state index in [9.17, 15) is 13.2 Å². The van der Waals surface area contributed by atoms with Crippen molar-refractivity contribution in [3.05, 3.63) is 0 Å². The minimum Gasteiger partial charge on any atom is -0.352 e. The molecule has 0 bridgehead atoms. The molecule has 0 spiro atoms. The number of sulfone groups is 1. The van der Waals surface area contributed by atoms with Crippen LogP contribution >= 0.6 is 0 Å². The third-order valence-corrected chi connectivity index (χ3v) is 4.59. The largest absolute Gasteiger partial charge is 0.352 e. The molecule has 0 radical (unpaired) electrons. The summed E-state index contributed by atoms with van der Waals surface area (Å²) < 4.78 is 22.0. The molecule has 1 saturated carbocycles. The van der Waals surface area contributed by atoms with Crippen molar-refractivity contribution in [2.75, 3.05) is 12.0 Å². The highest BCUT2D eigenvalue weighted by Gasteiger charge is 2.24. The van der Waals surface area contributed by atoms with Crippen molar-refractivity contribution in [1.29, 1.82) is 0 Å².